The summed E-state index contributed by atoms with van der Waals surface area (Å²) in [5.41, 5.74) is 0.822. The molecule has 0 aromatic heterocycles. The summed E-state index contributed by atoms with van der Waals surface area (Å²) >= 11 is 0. The third-order valence-electron chi connectivity index (χ3n) is 3.74. The lowest BCUT2D eigenvalue weighted by atomic mass is 10.2. The van der Waals surface area contributed by atoms with Crippen molar-refractivity contribution in [1.29, 1.82) is 0 Å². The van der Waals surface area contributed by atoms with Gasteiger partial charge in [0.1, 0.15) is 18.9 Å². The first kappa shape index (κ1) is 21.4. The van der Waals surface area contributed by atoms with Gasteiger partial charge in [0.05, 0.1) is 18.0 Å². The van der Waals surface area contributed by atoms with Crippen LogP contribution >= 0.6 is 0 Å². The fourth-order valence-electron chi connectivity index (χ4n) is 2.21. The third kappa shape index (κ3) is 6.36. The Morgan fingerprint density at radius 2 is 1.68 bits per heavy atom. The van der Waals surface area contributed by atoms with E-state index in [1.165, 1.54) is 38.3 Å². The third-order valence-corrected chi connectivity index (χ3v) is 5.30. The van der Waals surface area contributed by atoms with Gasteiger partial charge in [0.25, 0.3) is 0 Å². The van der Waals surface area contributed by atoms with Crippen molar-refractivity contribution in [3.63, 3.8) is 0 Å². The second-order valence-electron chi connectivity index (χ2n) is 5.88. The van der Waals surface area contributed by atoms with Gasteiger partial charge in [0.15, 0.2) is 0 Å². The highest BCUT2D eigenvalue weighted by Crippen LogP contribution is 2.15. The number of benzene rings is 2. The molecule has 1 amide bonds. The summed E-state index contributed by atoms with van der Waals surface area (Å²) in [4.78, 5) is 23.8. The van der Waals surface area contributed by atoms with Crippen LogP contribution in [0, 0.1) is 0 Å². The van der Waals surface area contributed by atoms with Crippen molar-refractivity contribution >= 4 is 21.9 Å². The number of esters is 1. The highest BCUT2D eigenvalue weighted by Gasteiger charge is 2.22. The van der Waals surface area contributed by atoms with Gasteiger partial charge in [0.2, 0.25) is 15.9 Å². The highest BCUT2D eigenvalue weighted by molar-refractivity contribution is 7.89. The summed E-state index contributed by atoms with van der Waals surface area (Å²) in [6.07, 6.45) is 0. The molecule has 0 saturated heterocycles. The molecule has 0 bridgehead atoms. The summed E-state index contributed by atoms with van der Waals surface area (Å²) in [6, 6.07) is 13.8. The molecule has 2 aromatic carbocycles. The number of sulfonamides is 1. The van der Waals surface area contributed by atoms with E-state index in [-0.39, 0.29) is 18.0 Å². The largest absolute Gasteiger partial charge is 0.497 e. The second kappa shape index (κ2) is 9.86. The molecule has 0 unspecified atom stereocenters. The van der Waals surface area contributed by atoms with Gasteiger partial charge in [-0.3, -0.25) is 9.59 Å². The number of ether oxygens (including phenoxy) is 2. The van der Waals surface area contributed by atoms with Crippen LogP contribution in [0.15, 0.2) is 59.5 Å². The van der Waals surface area contributed by atoms with E-state index in [0.29, 0.717) is 5.75 Å². The molecule has 1 atom stereocenters. The average Bonchev–Trinajstić information content (AvgIpc) is 2.70. The van der Waals surface area contributed by atoms with Gasteiger partial charge in [-0.05, 0) is 36.8 Å². The molecule has 0 aliphatic carbocycles. The maximum atomic E-state index is 12.3. The summed E-state index contributed by atoms with van der Waals surface area (Å²) in [7, 11) is -2.43. The van der Waals surface area contributed by atoms with Crippen LogP contribution in [0.1, 0.15) is 12.5 Å². The zero-order valence-corrected chi connectivity index (χ0v) is 16.4. The Balaban J connectivity index is 1.81. The van der Waals surface area contributed by atoms with Gasteiger partial charge in [-0.1, -0.05) is 30.3 Å². The number of carbonyl (C=O) groups is 2. The van der Waals surface area contributed by atoms with Crippen LogP contribution in [0.4, 0.5) is 0 Å². The van der Waals surface area contributed by atoms with Crippen molar-refractivity contribution in [3.8, 4) is 5.75 Å². The van der Waals surface area contributed by atoms with Crippen LogP contribution in [-0.4, -0.2) is 40.0 Å². The minimum absolute atomic E-state index is 0.00443. The number of carbonyl (C=O) groups excluding carboxylic acids is 2. The molecule has 0 heterocycles. The van der Waals surface area contributed by atoms with Crippen molar-refractivity contribution in [3.05, 3.63) is 60.2 Å². The van der Waals surface area contributed by atoms with E-state index in [0.717, 1.165) is 5.56 Å². The van der Waals surface area contributed by atoms with Crippen LogP contribution in [-0.2, 0) is 31.0 Å². The number of rotatable bonds is 9. The lowest BCUT2D eigenvalue weighted by Gasteiger charge is -2.14. The standard InChI is InChI=1S/C19H22N2O6S/c1-14(21-28(24,25)17-10-8-16(26-2)9-11-17)19(23)20-12-18(22)27-13-15-6-4-3-5-7-15/h3-11,14,21H,12-13H2,1-2H3,(H,20,23)/t14-/m0/s1. The minimum Gasteiger partial charge on any atom is -0.497 e. The summed E-state index contributed by atoms with van der Waals surface area (Å²) in [5, 5.41) is 2.35. The van der Waals surface area contributed by atoms with Gasteiger partial charge < -0.3 is 14.8 Å². The fourth-order valence-corrected chi connectivity index (χ4v) is 3.41. The Morgan fingerprint density at radius 3 is 2.29 bits per heavy atom. The first-order valence-corrected chi connectivity index (χ1v) is 9.94. The second-order valence-corrected chi connectivity index (χ2v) is 7.60. The minimum atomic E-state index is -3.90. The fraction of sp³-hybridized carbons (Fsp3) is 0.263. The zero-order valence-electron chi connectivity index (χ0n) is 15.5. The zero-order chi connectivity index (χ0) is 20.6. The van der Waals surface area contributed by atoms with Gasteiger partial charge in [-0.2, -0.15) is 4.72 Å². The molecular weight excluding hydrogens is 384 g/mol. The summed E-state index contributed by atoms with van der Waals surface area (Å²) in [5.74, 6) is -0.755. The van der Waals surface area contributed by atoms with Crippen molar-refractivity contribution < 1.29 is 27.5 Å². The van der Waals surface area contributed by atoms with Crippen LogP contribution in [0.3, 0.4) is 0 Å². The quantitative estimate of drug-likeness (QED) is 0.606. The van der Waals surface area contributed by atoms with E-state index in [1.54, 1.807) is 0 Å². The average molecular weight is 406 g/mol. The van der Waals surface area contributed by atoms with Gasteiger partial charge in [-0.15, -0.1) is 0 Å². The van der Waals surface area contributed by atoms with E-state index in [9.17, 15) is 18.0 Å². The predicted molar refractivity (Wildman–Crippen MR) is 102 cm³/mol. The molecule has 28 heavy (non-hydrogen) atoms. The first-order valence-electron chi connectivity index (χ1n) is 8.45. The van der Waals surface area contributed by atoms with Crippen molar-refractivity contribution in [1.82, 2.24) is 10.0 Å². The molecule has 0 saturated carbocycles. The molecule has 2 N–H and O–H groups in total. The lowest BCUT2D eigenvalue weighted by molar-refractivity contribution is -0.145. The van der Waals surface area contributed by atoms with Crippen LogP contribution in [0.5, 0.6) is 5.75 Å². The van der Waals surface area contributed by atoms with Crippen LogP contribution < -0.4 is 14.8 Å². The maximum Gasteiger partial charge on any atom is 0.325 e. The van der Waals surface area contributed by atoms with Crippen molar-refractivity contribution in [2.75, 3.05) is 13.7 Å². The number of methoxy groups -OCH3 is 1. The highest BCUT2D eigenvalue weighted by atomic mass is 32.2. The van der Waals surface area contributed by atoms with Gasteiger partial charge >= 0.3 is 5.97 Å². The van der Waals surface area contributed by atoms with Crippen molar-refractivity contribution in [2.45, 2.75) is 24.5 Å². The predicted octanol–water partition coefficient (Wildman–Crippen LogP) is 1.22. The van der Waals surface area contributed by atoms with E-state index in [1.807, 2.05) is 30.3 Å². The lowest BCUT2D eigenvalue weighted by Crippen LogP contribution is -2.46. The molecule has 0 aliphatic rings. The molecule has 0 radical (unpaired) electrons. The smallest absolute Gasteiger partial charge is 0.325 e. The first-order chi connectivity index (χ1) is 13.3. The maximum absolute atomic E-state index is 12.3. The van der Waals surface area contributed by atoms with Gasteiger partial charge in [-0.25, -0.2) is 8.42 Å². The molecule has 2 rings (SSSR count). The number of hydrogen-bond donors (Lipinski definition) is 2. The van der Waals surface area contributed by atoms with E-state index >= 15 is 0 Å². The Kier molecular flexibility index (Phi) is 7.53. The van der Waals surface area contributed by atoms with Crippen LogP contribution in [0.25, 0.3) is 0 Å². The number of nitrogens with one attached hydrogen (secondary N) is 2. The molecule has 0 aliphatic heterocycles. The molecule has 8 nitrogen and oxygen atoms in total. The Labute approximate surface area is 163 Å². The van der Waals surface area contributed by atoms with Gasteiger partial charge in [0, 0.05) is 0 Å². The van der Waals surface area contributed by atoms with E-state index in [4.69, 9.17) is 9.47 Å². The Morgan fingerprint density at radius 1 is 1.04 bits per heavy atom. The Bertz CT molecular complexity index is 898. The molecule has 150 valence electrons. The van der Waals surface area contributed by atoms with Crippen molar-refractivity contribution in [2.24, 2.45) is 0 Å². The summed E-state index contributed by atoms with van der Waals surface area (Å²) in [6.45, 7) is 1.11. The molecule has 9 heteroatoms. The molecule has 2 aromatic rings. The molecule has 0 fully saturated rings. The van der Waals surface area contributed by atoms with E-state index < -0.39 is 27.9 Å². The molecule has 0 spiro atoms. The number of amides is 1. The van der Waals surface area contributed by atoms with E-state index in [2.05, 4.69) is 10.0 Å². The topological polar surface area (TPSA) is 111 Å². The summed E-state index contributed by atoms with van der Waals surface area (Å²) < 4.78 is 36.9. The SMILES string of the molecule is COc1ccc(S(=O)(=O)N[C@@H](C)C(=O)NCC(=O)OCc2ccccc2)cc1. The normalized spacial score (nSPS) is 12.1. The Hall–Kier alpha value is -2.91. The monoisotopic (exact) mass is 406 g/mol. The number of hydrogen-bond acceptors (Lipinski definition) is 6. The molecular formula is C19H22N2O6S. The van der Waals surface area contributed by atoms with Crippen LogP contribution in [0.2, 0.25) is 0 Å².